The van der Waals surface area contributed by atoms with Crippen LogP contribution in [0, 0.1) is 12.8 Å². The highest BCUT2D eigenvalue weighted by Crippen LogP contribution is 2.36. The van der Waals surface area contributed by atoms with E-state index in [0.717, 1.165) is 54.1 Å². The summed E-state index contributed by atoms with van der Waals surface area (Å²) in [6.07, 6.45) is 1.72. The zero-order valence-electron chi connectivity index (χ0n) is 15.2. The first-order valence-electron chi connectivity index (χ1n) is 9.12. The SMILES string of the molecule is Cc1csc(NC(=O)C2CCN(Cc3cc4c(cc3Br)OCCO4)CC2)n1. The lowest BCUT2D eigenvalue weighted by molar-refractivity contribution is -0.121. The van der Waals surface area contributed by atoms with Crippen molar-refractivity contribution in [3.8, 4) is 11.5 Å². The highest BCUT2D eigenvalue weighted by molar-refractivity contribution is 9.10. The van der Waals surface area contributed by atoms with Gasteiger partial charge < -0.3 is 14.8 Å². The summed E-state index contributed by atoms with van der Waals surface area (Å²) in [4.78, 5) is 19.1. The van der Waals surface area contributed by atoms with Gasteiger partial charge in [-0.05, 0) is 50.6 Å². The van der Waals surface area contributed by atoms with Gasteiger partial charge in [0.15, 0.2) is 16.6 Å². The summed E-state index contributed by atoms with van der Waals surface area (Å²) < 4.78 is 12.3. The molecule has 144 valence electrons. The van der Waals surface area contributed by atoms with E-state index in [2.05, 4.69) is 37.2 Å². The van der Waals surface area contributed by atoms with E-state index in [1.54, 1.807) is 0 Å². The molecule has 2 aromatic rings. The number of hydrogen-bond acceptors (Lipinski definition) is 6. The Hall–Kier alpha value is -1.64. The summed E-state index contributed by atoms with van der Waals surface area (Å²) in [7, 11) is 0. The Bertz CT molecular complexity index is 834. The molecular weight excluding hydrogens is 430 g/mol. The van der Waals surface area contributed by atoms with Crippen LogP contribution in [0.15, 0.2) is 22.0 Å². The second-order valence-electron chi connectivity index (χ2n) is 6.92. The topological polar surface area (TPSA) is 63.7 Å². The van der Waals surface area contributed by atoms with Gasteiger partial charge in [-0.2, -0.15) is 0 Å². The lowest BCUT2D eigenvalue weighted by Gasteiger charge is -2.31. The Morgan fingerprint density at radius 3 is 2.67 bits per heavy atom. The smallest absolute Gasteiger partial charge is 0.229 e. The lowest BCUT2D eigenvalue weighted by Crippen LogP contribution is -2.37. The van der Waals surface area contributed by atoms with E-state index in [1.165, 1.54) is 16.9 Å². The summed E-state index contributed by atoms with van der Waals surface area (Å²) in [6, 6.07) is 4.04. The second-order valence-corrected chi connectivity index (χ2v) is 8.63. The van der Waals surface area contributed by atoms with Gasteiger partial charge in [0.25, 0.3) is 0 Å². The largest absolute Gasteiger partial charge is 0.486 e. The van der Waals surface area contributed by atoms with Gasteiger partial charge in [0.1, 0.15) is 13.2 Å². The molecule has 1 aromatic heterocycles. The maximum absolute atomic E-state index is 12.5. The fraction of sp³-hybridized carbons (Fsp3) is 0.474. The summed E-state index contributed by atoms with van der Waals surface area (Å²) in [5.41, 5.74) is 2.12. The summed E-state index contributed by atoms with van der Waals surface area (Å²) >= 11 is 5.12. The zero-order valence-corrected chi connectivity index (χ0v) is 17.6. The van der Waals surface area contributed by atoms with E-state index in [4.69, 9.17) is 9.47 Å². The molecule has 0 unspecified atom stereocenters. The van der Waals surface area contributed by atoms with Crippen molar-refractivity contribution >= 4 is 38.3 Å². The van der Waals surface area contributed by atoms with Crippen molar-refractivity contribution in [3.63, 3.8) is 0 Å². The van der Waals surface area contributed by atoms with E-state index >= 15 is 0 Å². The number of piperidine rings is 1. The van der Waals surface area contributed by atoms with Crippen molar-refractivity contribution in [1.82, 2.24) is 9.88 Å². The van der Waals surface area contributed by atoms with Gasteiger partial charge in [0, 0.05) is 22.3 Å². The first-order chi connectivity index (χ1) is 13.1. The van der Waals surface area contributed by atoms with Crippen LogP contribution in [0.4, 0.5) is 5.13 Å². The average Bonchev–Trinajstić information content (AvgIpc) is 3.07. The number of benzene rings is 1. The van der Waals surface area contributed by atoms with Gasteiger partial charge >= 0.3 is 0 Å². The minimum atomic E-state index is 0.0502. The number of fused-ring (bicyclic) bond motifs is 1. The second kappa shape index (κ2) is 8.16. The number of aromatic nitrogens is 1. The van der Waals surface area contributed by atoms with Crippen molar-refractivity contribution in [1.29, 1.82) is 0 Å². The monoisotopic (exact) mass is 451 g/mol. The van der Waals surface area contributed by atoms with Crippen molar-refractivity contribution in [2.24, 2.45) is 5.92 Å². The predicted molar refractivity (Wildman–Crippen MR) is 109 cm³/mol. The van der Waals surface area contributed by atoms with E-state index in [1.807, 2.05) is 18.4 Å². The number of halogens is 1. The number of thiazole rings is 1. The third kappa shape index (κ3) is 4.44. The van der Waals surface area contributed by atoms with Gasteiger partial charge in [-0.3, -0.25) is 9.69 Å². The lowest BCUT2D eigenvalue weighted by atomic mass is 9.95. The Labute approximate surface area is 171 Å². The van der Waals surface area contributed by atoms with Crippen molar-refractivity contribution < 1.29 is 14.3 Å². The number of carbonyl (C=O) groups is 1. The van der Waals surface area contributed by atoms with Gasteiger partial charge in [0.05, 0.1) is 5.69 Å². The number of likely N-dealkylation sites (tertiary alicyclic amines) is 1. The molecule has 8 heteroatoms. The molecule has 1 saturated heterocycles. The number of carbonyl (C=O) groups excluding carboxylic acids is 1. The van der Waals surface area contributed by atoms with Crippen molar-refractivity contribution in [3.05, 3.63) is 33.2 Å². The average molecular weight is 452 g/mol. The highest BCUT2D eigenvalue weighted by atomic mass is 79.9. The fourth-order valence-corrected chi connectivity index (χ4v) is 4.58. The van der Waals surface area contributed by atoms with Gasteiger partial charge in [-0.1, -0.05) is 15.9 Å². The van der Waals surface area contributed by atoms with Gasteiger partial charge in [0.2, 0.25) is 5.91 Å². The Kier molecular flexibility index (Phi) is 5.66. The first kappa shape index (κ1) is 18.7. The van der Waals surface area contributed by atoms with Crippen LogP contribution in [0.3, 0.4) is 0 Å². The molecule has 0 radical (unpaired) electrons. The standard InChI is InChI=1S/C19H22BrN3O3S/c1-12-11-27-19(21-12)22-18(24)13-2-4-23(5-3-13)10-14-8-16-17(9-15(14)20)26-7-6-25-16/h8-9,11,13H,2-7,10H2,1H3,(H,21,22,24). The minimum Gasteiger partial charge on any atom is -0.486 e. The summed E-state index contributed by atoms with van der Waals surface area (Å²) in [6.45, 7) is 5.74. The molecule has 0 saturated carbocycles. The summed E-state index contributed by atoms with van der Waals surface area (Å²) in [5.74, 6) is 1.75. The molecule has 1 fully saturated rings. The zero-order chi connectivity index (χ0) is 18.8. The molecule has 6 nitrogen and oxygen atoms in total. The van der Waals surface area contributed by atoms with Crippen LogP contribution in [0.25, 0.3) is 0 Å². The Morgan fingerprint density at radius 1 is 1.30 bits per heavy atom. The van der Waals surface area contributed by atoms with Crippen molar-refractivity contribution in [2.45, 2.75) is 26.3 Å². The molecule has 1 amide bonds. The fourth-order valence-electron chi connectivity index (χ4n) is 3.44. The van der Waals surface area contributed by atoms with E-state index in [0.29, 0.717) is 18.3 Å². The molecule has 2 aliphatic heterocycles. The molecule has 0 spiro atoms. The third-order valence-electron chi connectivity index (χ3n) is 4.91. The molecule has 0 bridgehead atoms. The number of ether oxygens (including phenoxy) is 2. The Morgan fingerprint density at radius 2 is 2.00 bits per heavy atom. The number of hydrogen-bond donors (Lipinski definition) is 1. The van der Waals surface area contributed by atoms with Gasteiger partial charge in [-0.15, -0.1) is 11.3 Å². The molecule has 1 aromatic carbocycles. The number of nitrogens with zero attached hydrogens (tertiary/aromatic N) is 2. The summed E-state index contributed by atoms with van der Waals surface area (Å²) in [5, 5.41) is 5.59. The van der Waals surface area contributed by atoms with Crippen LogP contribution >= 0.6 is 27.3 Å². The quantitative estimate of drug-likeness (QED) is 0.764. The Balaban J connectivity index is 1.32. The van der Waals surface area contributed by atoms with E-state index in [9.17, 15) is 4.79 Å². The van der Waals surface area contributed by atoms with Crippen LogP contribution in [-0.4, -0.2) is 42.1 Å². The molecule has 2 aliphatic rings. The van der Waals surface area contributed by atoms with E-state index in [-0.39, 0.29) is 11.8 Å². The van der Waals surface area contributed by atoms with Crippen LogP contribution in [0.2, 0.25) is 0 Å². The van der Waals surface area contributed by atoms with Crippen LogP contribution in [-0.2, 0) is 11.3 Å². The van der Waals surface area contributed by atoms with Crippen molar-refractivity contribution in [2.75, 3.05) is 31.6 Å². The molecule has 27 heavy (non-hydrogen) atoms. The normalized spacial score (nSPS) is 17.7. The van der Waals surface area contributed by atoms with E-state index < -0.39 is 0 Å². The third-order valence-corrected chi connectivity index (χ3v) is 6.53. The number of rotatable bonds is 4. The number of amides is 1. The number of anilines is 1. The molecule has 0 aliphatic carbocycles. The molecule has 4 rings (SSSR count). The molecule has 1 N–H and O–H groups in total. The maximum atomic E-state index is 12.5. The van der Waals surface area contributed by atoms with Crippen LogP contribution in [0.5, 0.6) is 11.5 Å². The molecule has 3 heterocycles. The maximum Gasteiger partial charge on any atom is 0.229 e. The highest BCUT2D eigenvalue weighted by Gasteiger charge is 2.26. The number of nitrogens with one attached hydrogen (secondary N) is 1. The molecular formula is C19H22BrN3O3S. The minimum absolute atomic E-state index is 0.0502. The first-order valence-corrected chi connectivity index (χ1v) is 10.8. The van der Waals surface area contributed by atoms with Crippen LogP contribution in [0.1, 0.15) is 24.1 Å². The predicted octanol–water partition coefficient (Wildman–Crippen LogP) is 3.84. The van der Waals surface area contributed by atoms with Gasteiger partial charge in [-0.25, -0.2) is 4.98 Å². The number of aryl methyl sites for hydroxylation is 1. The molecule has 0 atom stereocenters. The van der Waals surface area contributed by atoms with Crippen LogP contribution < -0.4 is 14.8 Å².